The minimum Gasteiger partial charge on any atom is -0.314 e. The van der Waals surface area contributed by atoms with E-state index in [9.17, 15) is 14.4 Å². The van der Waals surface area contributed by atoms with E-state index in [1.807, 2.05) is 0 Å². The van der Waals surface area contributed by atoms with Crippen molar-refractivity contribution in [3.05, 3.63) is 34.7 Å². The molecule has 0 radical (unpaired) electrons. The second kappa shape index (κ2) is 4.77. The van der Waals surface area contributed by atoms with E-state index in [0.717, 1.165) is 12.8 Å². The van der Waals surface area contributed by atoms with Crippen molar-refractivity contribution in [3.8, 4) is 0 Å². The highest BCUT2D eigenvalue weighted by Crippen LogP contribution is 2.38. The highest BCUT2D eigenvalue weighted by molar-refractivity contribution is 6.07. The maximum atomic E-state index is 12.1. The van der Waals surface area contributed by atoms with Gasteiger partial charge in [-0.05, 0) is 18.9 Å². The molecule has 1 spiro atoms. The number of pyridine rings is 1. The lowest BCUT2D eigenvalue weighted by Crippen LogP contribution is -2.48. The van der Waals surface area contributed by atoms with Gasteiger partial charge in [0.2, 0.25) is 0 Å². The molecule has 1 aromatic heterocycles. The van der Waals surface area contributed by atoms with Crippen LogP contribution in [-0.4, -0.2) is 33.5 Å². The van der Waals surface area contributed by atoms with Gasteiger partial charge < -0.3 is 9.47 Å². The molecule has 0 bridgehead atoms. The zero-order chi connectivity index (χ0) is 14.2. The monoisotopic (exact) mass is 275 g/mol. The van der Waals surface area contributed by atoms with Crippen molar-refractivity contribution < 1.29 is 9.59 Å². The van der Waals surface area contributed by atoms with E-state index in [1.54, 1.807) is 27.8 Å². The quantitative estimate of drug-likeness (QED) is 0.826. The van der Waals surface area contributed by atoms with E-state index < -0.39 is 5.54 Å². The van der Waals surface area contributed by atoms with Crippen molar-refractivity contribution in [2.75, 3.05) is 6.54 Å². The molecule has 3 amide bonds. The number of imide groups is 1. The van der Waals surface area contributed by atoms with Crippen LogP contribution in [0.5, 0.6) is 0 Å². The van der Waals surface area contributed by atoms with Gasteiger partial charge in [0.05, 0.1) is 0 Å². The predicted molar refractivity (Wildman–Crippen MR) is 72.1 cm³/mol. The van der Waals surface area contributed by atoms with Crippen LogP contribution in [0.15, 0.2) is 29.2 Å². The van der Waals surface area contributed by atoms with Crippen LogP contribution in [0.1, 0.15) is 25.7 Å². The maximum absolute atomic E-state index is 12.1. The van der Waals surface area contributed by atoms with Crippen LogP contribution in [0.3, 0.4) is 0 Å². The number of carbonyl (C=O) groups is 2. The Hall–Kier alpha value is -2.11. The summed E-state index contributed by atoms with van der Waals surface area (Å²) in [5.41, 5.74) is -0.769. The van der Waals surface area contributed by atoms with Crippen molar-refractivity contribution >= 4 is 11.9 Å². The average Bonchev–Trinajstić information content (AvgIpc) is 2.99. The Bertz CT molecular complexity index is 602. The number of aromatic nitrogens is 1. The van der Waals surface area contributed by atoms with Crippen LogP contribution in [0, 0.1) is 0 Å². The fourth-order valence-corrected chi connectivity index (χ4v) is 3.22. The molecule has 0 aromatic carbocycles. The van der Waals surface area contributed by atoms with Gasteiger partial charge in [0.1, 0.15) is 5.54 Å². The number of hydrogen-bond acceptors (Lipinski definition) is 3. The van der Waals surface area contributed by atoms with E-state index in [0.29, 0.717) is 25.9 Å². The van der Waals surface area contributed by atoms with Crippen molar-refractivity contribution in [2.24, 2.45) is 0 Å². The zero-order valence-electron chi connectivity index (χ0n) is 11.2. The Balaban J connectivity index is 1.79. The summed E-state index contributed by atoms with van der Waals surface area (Å²) in [6.07, 6.45) is 5.05. The van der Waals surface area contributed by atoms with Gasteiger partial charge in [0, 0.05) is 25.4 Å². The summed E-state index contributed by atoms with van der Waals surface area (Å²) >= 11 is 0. The highest BCUT2D eigenvalue weighted by atomic mass is 16.2. The Kier molecular flexibility index (Phi) is 3.08. The van der Waals surface area contributed by atoms with E-state index in [4.69, 9.17) is 0 Å². The van der Waals surface area contributed by atoms with Crippen molar-refractivity contribution in [3.63, 3.8) is 0 Å². The fraction of sp³-hybridized carbons (Fsp3) is 0.500. The number of nitrogens with zero attached hydrogens (tertiary/aromatic N) is 2. The number of carbonyl (C=O) groups excluding carboxylic acids is 2. The smallest absolute Gasteiger partial charge is 0.314 e. The molecule has 1 saturated heterocycles. The Morgan fingerprint density at radius 1 is 1.10 bits per heavy atom. The van der Waals surface area contributed by atoms with Crippen molar-refractivity contribution in [2.45, 2.75) is 37.8 Å². The molecule has 1 aromatic rings. The first-order valence-electron chi connectivity index (χ1n) is 6.92. The van der Waals surface area contributed by atoms with Gasteiger partial charge in [-0.15, -0.1) is 0 Å². The van der Waals surface area contributed by atoms with Gasteiger partial charge in [0.25, 0.3) is 11.5 Å². The Labute approximate surface area is 116 Å². The molecule has 20 heavy (non-hydrogen) atoms. The molecule has 2 aliphatic rings. The van der Waals surface area contributed by atoms with Gasteiger partial charge in [-0.25, -0.2) is 4.79 Å². The molecule has 106 valence electrons. The molecule has 3 rings (SSSR count). The molecule has 1 N–H and O–H groups in total. The molecule has 2 fully saturated rings. The van der Waals surface area contributed by atoms with E-state index in [-0.39, 0.29) is 17.5 Å². The fourth-order valence-electron chi connectivity index (χ4n) is 3.22. The first-order valence-corrected chi connectivity index (χ1v) is 6.92. The van der Waals surface area contributed by atoms with E-state index in [2.05, 4.69) is 5.32 Å². The summed E-state index contributed by atoms with van der Waals surface area (Å²) in [6, 6.07) is 4.62. The molecular formula is C14H17N3O3. The zero-order valence-corrected chi connectivity index (χ0v) is 11.2. The largest absolute Gasteiger partial charge is 0.325 e. The molecule has 1 aliphatic carbocycles. The Morgan fingerprint density at radius 3 is 2.55 bits per heavy atom. The first kappa shape index (κ1) is 12.9. The number of hydrogen-bond donors (Lipinski definition) is 1. The van der Waals surface area contributed by atoms with Crippen LogP contribution < -0.4 is 10.9 Å². The molecule has 0 unspecified atom stereocenters. The van der Waals surface area contributed by atoms with Crippen LogP contribution in [0.2, 0.25) is 0 Å². The third-order valence-electron chi connectivity index (χ3n) is 4.30. The van der Waals surface area contributed by atoms with Crippen LogP contribution in [-0.2, 0) is 11.3 Å². The van der Waals surface area contributed by atoms with Gasteiger partial charge in [-0.2, -0.15) is 0 Å². The third-order valence-corrected chi connectivity index (χ3v) is 4.30. The lowest BCUT2D eigenvalue weighted by atomic mass is 9.96. The van der Waals surface area contributed by atoms with Gasteiger partial charge in [0.15, 0.2) is 0 Å². The molecule has 0 atom stereocenters. The molecule has 2 heterocycles. The topological polar surface area (TPSA) is 71.4 Å². The SMILES string of the molecule is O=C1NC(=O)C2(CCCC2)N1CCn1ccccc1=O. The summed E-state index contributed by atoms with van der Waals surface area (Å²) in [5, 5.41) is 2.41. The minimum absolute atomic E-state index is 0.0982. The highest BCUT2D eigenvalue weighted by Gasteiger charge is 2.53. The van der Waals surface area contributed by atoms with E-state index >= 15 is 0 Å². The second-order valence-corrected chi connectivity index (χ2v) is 5.38. The normalized spacial score (nSPS) is 20.7. The standard InChI is InChI=1S/C14H17N3O3/c18-11-5-1-4-8-16(11)9-10-17-13(20)15-12(19)14(17)6-2-3-7-14/h1,4-5,8H,2-3,6-7,9-10H2,(H,15,19,20). The van der Waals surface area contributed by atoms with Crippen LogP contribution in [0.25, 0.3) is 0 Å². The van der Waals surface area contributed by atoms with Crippen LogP contribution in [0.4, 0.5) is 4.79 Å². The predicted octanol–water partition coefficient (Wildman–Crippen LogP) is 0.713. The first-order chi connectivity index (χ1) is 9.63. The van der Waals surface area contributed by atoms with Gasteiger partial charge in [-0.1, -0.05) is 18.9 Å². The lowest BCUT2D eigenvalue weighted by molar-refractivity contribution is -0.126. The molecule has 6 heteroatoms. The number of amides is 3. The van der Waals surface area contributed by atoms with Gasteiger partial charge in [-0.3, -0.25) is 14.9 Å². The summed E-state index contributed by atoms with van der Waals surface area (Å²) in [7, 11) is 0. The van der Waals surface area contributed by atoms with Gasteiger partial charge >= 0.3 is 6.03 Å². The maximum Gasteiger partial charge on any atom is 0.325 e. The number of rotatable bonds is 3. The average molecular weight is 275 g/mol. The number of urea groups is 1. The summed E-state index contributed by atoms with van der Waals surface area (Å²) in [5.74, 6) is -0.180. The lowest BCUT2D eigenvalue weighted by Gasteiger charge is -2.31. The minimum atomic E-state index is -0.671. The third kappa shape index (κ3) is 1.92. The summed E-state index contributed by atoms with van der Waals surface area (Å²) in [6.45, 7) is 0.781. The van der Waals surface area contributed by atoms with Crippen molar-refractivity contribution in [1.29, 1.82) is 0 Å². The molecule has 1 aliphatic heterocycles. The molecule has 6 nitrogen and oxygen atoms in total. The van der Waals surface area contributed by atoms with Crippen LogP contribution >= 0.6 is 0 Å². The van der Waals surface area contributed by atoms with Crippen molar-refractivity contribution in [1.82, 2.24) is 14.8 Å². The second-order valence-electron chi connectivity index (χ2n) is 5.38. The summed E-state index contributed by atoms with van der Waals surface area (Å²) in [4.78, 5) is 37.3. The molecule has 1 saturated carbocycles. The number of nitrogens with one attached hydrogen (secondary N) is 1. The summed E-state index contributed by atoms with van der Waals surface area (Å²) < 4.78 is 1.55. The molecular weight excluding hydrogens is 258 g/mol. The van der Waals surface area contributed by atoms with E-state index in [1.165, 1.54) is 6.07 Å². The Morgan fingerprint density at radius 2 is 1.85 bits per heavy atom.